The van der Waals surface area contributed by atoms with E-state index >= 15 is 0 Å². The smallest absolute Gasteiger partial charge is 0.268 e. The van der Waals surface area contributed by atoms with Crippen molar-refractivity contribution >= 4 is 26.8 Å². The van der Waals surface area contributed by atoms with Gasteiger partial charge in [-0.25, -0.2) is 12.4 Å². The quantitative estimate of drug-likeness (QED) is 0.678. The Bertz CT molecular complexity index is 1190. The van der Waals surface area contributed by atoms with E-state index in [0.717, 1.165) is 36.8 Å². The molecule has 6 nitrogen and oxygen atoms in total. The first-order valence-electron chi connectivity index (χ1n) is 9.53. The second-order valence-corrected chi connectivity index (χ2v) is 9.26. The second kappa shape index (κ2) is 6.44. The van der Waals surface area contributed by atoms with Crippen LogP contribution in [-0.2, 0) is 21.2 Å². The first-order valence-corrected chi connectivity index (χ1v) is 11.0. The normalized spacial score (nSPS) is 17.6. The van der Waals surface area contributed by atoms with Crippen molar-refractivity contribution in [3.8, 4) is 5.75 Å². The lowest BCUT2D eigenvalue weighted by Crippen LogP contribution is -2.23. The van der Waals surface area contributed by atoms with Crippen LogP contribution in [-0.4, -0.2) is 29.8 Å². The zero-order valence-corrected chi connectivity index (χ0v) is 16.1. The minimum atomic E-state index is -3.89. The maximum atomic E-state index is 13.6. The summed E-state index contributed by atoms with van der Waals surface area (Å²) < 4.78 is 34.0. The highest BCUT2D eigenvalue weighted by Gasteiger charge is 2.31. The number of rotatable bonds is 3. The molecule has 0 bridgehead atoms. The van der Waals surface area contributed by atoms with Gasteiger partial charge in [-0.15, -0.1) is 0 Å². The van der Waals surface area contributed by atoms with Gasteiger partial charge in [-0.05, 0) is 43.0 Å². The number of fused-ring (bicyclic) bond motifs is 2. The van der Waals surface area contributed by atoms with Gasteiger partial charge in [-0.2, -0.15) is 0 Å². The lowest BCUT2D eigenvalue weighted by atomic mass is 10.00. The molecule has 0 atom stereocenters. The number of carbonyl (C=O) groups is 1. The Kier molecular flexibility index (Phi) is 4.01. The highest BCUT2D eigenvalue weighted by molar-refractivity contribution is 7.90. The summed E-state index contributed by atoms with van der Waals surface area (Å²) in [6.45, 7) is -0.0152. The zero-order chi connectivity index (χ0) is 19.3. The predicted molar refractivity (Wildman–Crippen MR) is 104 cm³/mol. The topological polar surface area (TPSA) is 78.3 Å². The van der Waals surface area contributed by atoms with Crippen molar-refractivity contribution in [2.75, 3.05) is 6.61 Å². The van der Waals surface area contributed by atoms with Gasteiger partial charge in [0.2, 0.25) is 0 Å². The van der Waals surface area contributed by atoms with Crippen LogP contribution in [0.25, 0.3) is 11.0 Å². The number of ketones is 1. The molecular formula is C21H20N2O4S. The van der Waals surface area contributed by atoms with Gasteiger partial charge in [0.05, 0.1) is 15.9 Å². The number of carbonyl (C=O) groups excluding carboxylic acids is 1. The monoisotopic (exact) mass is 396 g/mol. The van der Waals surface area contributed by atoms with Gasteiger partial charge in [0.1, 0.15) is 12.4 Å². The van der Waals surface area contributed by atoms with Gasteiger partial charge in [-0.3, -0.25) is 9.78 Å². The first kappa shape index (κ1) is 17.4. The molecule has 5 rings (SSSR count). The standard InChI is InChI=1S/C21H20N2O4S/c24-15-11-16-19(27-13-15)8-3-9-20(16)28(25,26)23-12-17(14-5-1-2-6-14)21-18(23)7-4-10-22-21/h3-4,7-10,12,14H,1-2,5-6,11,13H2. The summed E-state index contributed by atoms with van der Waals surface area (Å²) in [7, 11) is -3.89. The molecule has 1 aliphatic carbocycles. The number of pyridine rings is 1. The fraction of sp³-hybridized carbons (Fsp3) is 0.333. The van der Waals surface area contributed by atoms with Gasteiger partial charge in [0, 0.05) is 29.9 Å². The number of nitrogens with zero attached hydrogens (tertiary/aromatic N) is 2. The number of benzene rings is 1. The Morgan fingerprint density at radius 2 is 1.93 bits per heavy atom. The summed E-state index contributed by atoms with van der Waals surface area (Å²) >= 11 is 0. The molecule has 0 unspecified atom stereocenters. The summed E-state index contributed by atoms with van der Waals surface area (Å²) in [5.41, 5.74) is 2.75. The minimum Gasteiger partial charge on any atom is -0.485 e. The summed E-state index contributed by atoms with van der Waals surface area (Å²) in [5.74, 6) is 0.676. The molecule has 3 heterocycles. The van der Waals surface area contributed by atoms with Crippen LogP contribution >= 0.6 is 0 Å². The van der Waals surface area contributed by atoms with Crippen molar-refractivity contribution in [1.29, 1.82) is 0 Å². The van der Waals surface area contributed by atoms with E-state index in [0.29, 0.717) is 22.7 Å². The molecule has 0 saturated heterocycles. The van der Waals surface area contributed by atoms with E-state index < -0.39 is 10.0 Å². The van der Waals surface area contributed by atoms with Crippen molar-refractivity contribution in [3.05, 3.63) is 53.9 Å². The van der Waals surface area contributed by atoms with Gasteiger partial charge in [0.25, 0.3) is 10.0 Å². The van der Waals surface area contributed by atoms with E-state index in [4.69, 9.17) is 4.74 Å². The Morgan fingerprint density at radius 3 is 2.75 bits per heavy atom. The Labute approximate surface area is 163 Å². The van der Waals surface area contributed by atoms with Crippen LogP contribution in [0.15, 0.2) is 47.6 Å². The molecule has 2 aromatic heterocycles. The van der Waals surface area contributed by atoms with E-state index in [9.17, 15) is 13.2 Å². The van der Waals surface area contributed by atoms with Crippen molar-refractivity contribution < 1.29 is 17.9 Å². The molecule has 0 N–H and O–H groups in total. The lowest BCUT2D eigenvalue weighted by molar-refractivity contribution is -0.121. The molecule has 1 aliphatic heterocycles. The first-order chi connectivity index (χ1) is 13.6. The van der Waals surface area contributed by atoms with Crippen molar-refractivity contribution in [2.24, 2.45) is 0 Å². The van der Waals surface area contributed by atoms with Crippen LogP contribution in [0.2, 0.25) is 0 Å². The molecule has 0 radical (unpaired) electrons. The average Bonchev–Trinajstić information content (AvgIpc) is 3.35. The van der Waals surface area contributed by atoms with Gasteiger partial charge in [0.15, 0.2) is 5.78 Å². The van der Waals surface area contributed by atoms with E-state index in [1.54, 1.807) is 42.7 Å². The zero-order valence-electron chi connectivity index (χ0n) is 15.3. The third kappa shape index (κ3) is 2.64. The maximum Gasteiger partial charge on any atom is 0.268 e. The summed E-state index contributed by atoms with van der Waals surface area (Å²) in [5, 5.41) is 0. The number of Topliss-reactive ketones (excluding diaryl/α,β-unsaturated/α-hetero) is 1. The second-order valence-electron chi connectivity index (χ2n) is 7.47. The van der Waals surface area contributed by atoms with Gasteiger partial charge >= 0.3 is 0 Å². The molecule has 1 saturated carbocycles. The molecule has 28 heavy (non-hydrogen) atoms. The number of ether oxygens (including phenoxy) is 1. The molecule has 0 amide bonds. The van der Waals surface area contributed by atoms with Crippen molar-refractivity contribution in [2.45, 2.75) is 42.9 Å². The minimum absolute atomic E-state index is 0.0152. The fourth-order valence-electron chi connectivity index (χ4n) is 4.40. The van der Waals surface area contributed by atoms with Crippen LogP contribution in [0.1, 0.15) is 42.7 Å². The Hall–Kier alpha value is -2.67. The van der Waals surface area contributed by atoms with Crippen molar-refractivity contribution in [1.82, 2.24) is 8.96 Å². The van der Waals surface area contributed by atoms with E-state index in [1.807, 2.05) is 0 Å². The molecule has 3 aromatic rings. The molecule has 2 aliphatic rings. The van der Waals surface area contributed by atoms with Gasteiger partial charge < -0.3 is 4.74 Å². The van der Waals surface area contributed by atoms with E-state index in [-0.39, 0.29) is 23.7 Å². The molecule has 7 heteroatoms. The highest BCUT2D eigenvalue weighted by Crippen LogP contribution is 2.39. The summed E-state index contributed by atoms with van der Waals surface area (Å²) in [4.78, 5) is 16.5. The third-order valence-corrected chi connectivity index (χ3v) is 7.50. The van der Waals surface area contributed by atoms with Gasteiger partial charge in [-0.1, -0.05) is 18.9 Å². The van der Waals surface area contributed by atoms with E-state index in [2.05, 4.69) is 4.98 Å². The molecular weight excluding hydrogens is 376 g/mol. The van der Waals surface area contributed by atoms with Crippen LogP contribution in [0.5, 0.6) is 5.75 Å². The fourth-order valence-corrected chi connectivity index (χ4v) is 6.00. The van der Waals surface area contributed by atoms with Crippen LogP contribution in [0.3, 0.4) is 0 Å². The number of hydrogen-bond acceptors (Lipinski definition) is 5. The summed E-state index contributed by atoms with van der Waals surface area (Å²) in [6, 6.07) is 8.45. The molecule has 1 fully saturated rings. The third-order valence-electron chi connectivity index (χ3n) is 5.74. The predicted octanol–water partition coefficient (Wildman–Crippen LogP) is 3.43. The Balaban J connectivity index is 1.72. The Morgan fingerprint density at radius 1 is 1.11 bits per heavy atom. The molecule has 144 valence electrons. The maximum absolute atomic E-state index is 13.6. The van der Waals surface area contributed by atoms with Crippen molar-refractivity contribution in [3.63, 3.8) is 0 Å². The number of aromatic nitrogens is 2. The van der Waals surface area contributed by atoms with Crippen LogP contribution in [0.4, 0.5) is 0 Å². The summed E-state index contributed by atoms with van der Waals surface area (Å²) in [6.07, 6.45) is 7.92. The average molecular weight is 396 g/mol. The molecule has 0 spiro atoms. The SMILES string of the molecule is O=C1COc2cccc(S(=O)(=O)n3cc(C4CCCC4)c4ncccc43)c2C1. The molecule has 1 aromatic carbocycles. The van der Waals surface area contributed by atoms with Crippen LogP contribution < -0.4 is 4.74 Å². The lowest BCUT2D eigenvalue weighted by Gasteiger charge is -2.19. The number of hydrogen-bond donors (Lipinski definition) is 0. The highest BCUT2D eigenvalue weighted by atomic mass is 32.2. The van der Waals surface area contributed by atoms with Crippen LogP contribution in [0, 0.1) is 0 Å². The largest absolute Gasteiger partial charge is 0.485 e. The van der Waals surface area contributed by atoms with E-state index in [1.165, 1.54) is 3.97 Å².